The van der Waals surface area contributed by atoms with E-state index >= 15 is 0 Å². The summed E-state index contributed by atoms with van der Waals surface area (Å²) in [4.78, 5) is 0. The lowest BCUT2D eigenvalue weighted by molar-refractivity contribution is 0.0659. The summed E-state index contributed by atoms with van der Waals surface area (Å²) in [7, 11) is 1.80. The minimum atomic E-state index is 0.477. The molecule has 84 valence electrons. The quantitative estimate of drug-likeness (QED) is 0.507. The van der Waals surface area contributed by atoms with Crippen molar-refractivity contribution in [3.8, 4) is 0 Å². The Morgan fingerprint density at radius 2 is 2.25 bits per heavy atom. The van der Waals surface area contributed by atoms with E-state index in [0.717, 1.165) is 19.5 Å². The van der Waals surface area contributed by atoms with Crippen molar-refractivity contribution in [2.45, 2.75) is 19.0 Å². The molecule has 0 radical (unpaired) electrons. The second-order valence-corrected chi connectivity index (χ2v) is 4.32. The van der Waals surface area contributed by atoms with E-state index in [2.05, 4.69) is 34.6 Å². The summed E-state index contributed by atoms with van der Waals surface area (Å²) in [6.45, 7) is 1.88. The average Bonchev–Trinajstić information content (AvgIpc) is 2.86. The molecule has 0 spiro atoms. The number of benzene rings is 1. The number of guanidine groups is 1. The van der Waals surface area contributed by atoms with Gasteiger partial charge in [0.2, 0.25) is 5.96 Å². The first kappa shape index (κ1) is 9.66. The van der Waals surface area contributed by atoms with Gasteiger partial charge < -0.3 is 5.32 Å². The second kappa shape index (κ2) is 3.49. The maximum Gasteiger partial charge on any atom is 0.205 e. The Bertz CT molecular complexity index is 429. The van der Waals surface area contributed by atoms with Gasteiger partial charge in [-0.15, -0.1) is 0 Å². The van der Waals surface area contributed by atoms with Crippen LogP contribution in [0.3, 0.4) is 0 Å². The van der Waals surface area contributed by atoms with E-state index in [0.29, 0.717) is 12.0 Å². The van der Waals surface area contributed by atoms with E-state index in [1.165, 1.54) is 11.1 Å². The molecule has 1 aromatic carbocycles. The molecule has 0 bridgehead atoms. The molecular weight excluding hydrogens is 200 g/mol. The molecular formula is C12H16N4. The van der Waals surface area contributed by atoms with Crippen LogP contribution in [0.15, 0.2) is 24.3 Å². The van der Waals surface area contributed by atoms with E-state index in [1.54, 1.807) is 7.05 Å². The number of nitrogens with one attached hydrogen (secondary N) is 2. The average molecular weight is 216 g/mol. The van der Waals surface area contributed by atoms with Crippen molar-refractivity contribution < 1.29 is 0 Å². The lowest BCUT2D eigenvalue weighted by Gasteiger charge is -2.28. The van der Waals surface area contributed by atoms with Crippen LogP contribution in [0.4, 0.5) is 0 Å². The largest absolute Gasteiger partial charge is 0.358 e. The number of nitrogens with zero attached hydrogens (tertiary/aromatic N) is 2. The Morgan fingerprint density at radius 3 is 3.06 bits per heavy atom. The van der Waals surface area contributed by atoms with Crippen molar-refractivity contribution in [3.05, 3.63) is 35.4 Å². The van der Waals surface area contributed by atoms with E-state index in [1.807, 2.05) is 5.01 Å². The van der Waals surface area contributed by atoms with Crippen molar-refractivity contribution in [1.82, 2.24) is 15.3 Å². The molecule has 0 aliphatic carbocycles. The Kier molecular flexibility index (Phi) is 2.11. The molecule has 2 heterocycles. The minimum Gasteiger partial charge on any atom is -0.358 e. The molecule has 4 heteroatoms. The Hall–Kier alpha value is -1.55. The standard InChI is InChI=1S/C12H16N4/c1-14-12(13)15-7-6-11-10-5-3-2-4-9(10)8-16(11)15/h2-5,11H,6-8H2,1H3,(H2,13,14). The summed E-state index contributed by atoms with van der Waals surface area (Å²) in [5, 5.41) is 15.1. The number of rotatable bonds is 0. The molecule has 2 aliphatic rings. The molecule has 0 amide bonds. The first-order valence-electron chi connectivity index (χ1n) is 5.69. The van der Waals surface area contributed by atoms with Crippen LogP contribution in [-0.2, 0) is 6.54 Å². The Balaban J connectivity index is 1.90. The zero-order valence-corrected chi connectivity index (χ0v) is 9.40. The molecule has 2 aliphatic heterocycles. The lowest BCUT2D eigenvalue weighted by Crippen LogP contribution is -2.44. The highest BCUT2D eigenvalue weighted by molar-refractivity contribution is 5.76. The van der Waals surface area contributed by atoms with Gasteiger partial charge in [-0.2, -0.15) is 0 Å². The monoisotopic (exact) mass is 216 g/mol. The Morgan fingerprint density at radius 1 is 1.44 bits per heavy atom. The van der Waals surface area contributed by atoms with E-state index in [9.17, 15) is 0 Å². The van der Waals surface area contributed by atoms with Crippen molar-refractivity contribution >= 4 is 5.96 Å². The van der Waals surface area contributed by atoms with Gasteiger partial charge in [0.15, 0.2) is 0 Å². The number of hydrogen-bond donors (Lipinski definition) is 2. The van der Waals surface area contributed by atoms with Crippen LogP contribution in [-0.4, -0.2) is 29.6 Å². The van der Waals surface area contributed by atoms with Crippen LogP contribution in [0.2, 0.25) is 0 Å². The number of hydrazine groups is 1. The van der Waals surface area contributed by atoms with Crippen LogP contribution in [0.1, 0.15) is 23.6 Å². The van der Waals surface area contributed by atoms with Gasteiger partial charge in [-0.05, 0) is 17.5 Å². The zero-order valence-electron chi connectivity index (χ0n) is 9.40. The topological polar surface area (TPSA) is 42.4 Å². The summed E-state index contributed by atoms with van der Waals surface area (Å²) in [5.74, 6) is 0.496. The third-order valence-electron chi connectivity index (χ3n) is 3.53. The molecule has 1 unspecified atom stereocenters. The third-order valence-corrected chi connectivity index (χ3v) is 3.53. The Labute approximate surface area is 95.3 Å². The lowest BCUT2D eigenvalue weighted by atomic mass is 10.0. The summed E-state index contributed by atoms with van der Waals surface area (Å²) in [5.41, 5.74) is 2.84. The highest BCUT2D eigenvalue weighted by atomic mass is 15.7. The fourth-order valence-electron chi connectivity index (χ4n) is 2.75. The summed E-state index contributed by atoms with van der Waals surface area (Å²) in [6, 6.07) is 9.08. The molecule has 2 N–H and O–H groups in total. The van der Waals surface area contributed by atoms with Crippen LogP contribution in [0.5, 0.6) is 0 Å². The zero-order chi connectivity index (χ0) is 11.1. The van der Waals surface area contributed by atoms with Gasteiger partial charge in [0.25, 0.3) is 0 Å². The van der Waals surface area contributed by atoms with E-state index in [-0.39, 0.29) is 0 Å². The minimum absolute atomic E-state index is 0.477. The van der Waals surface area contributed by atoms with Crippen molar-refractivity contribution in [2.24, 2.45) is 0 Å². The molecule has 1 fully saturated rings. The van der Waals surface area contributed by atoms with Gasteiger partial charge in [-0.3, -0.25) is 10.4 Å². The van der Waals surface area contributed by atoms with Crippen molar-refractivity contribution in [3.63, 3.8) is 0 Å². The van der Waals surface area contributed by atoms with Crippen LogP contribution < -0.4 is 5.32 Å². The summed E-state index contributed by atoms with van der Waals surface area (Å²) >= 11 is 0. The first-order chi connectivity index (χ1) is 7.81. The molecule has 0 saturated carbocycles. The van der Waals surface area contributed by atoms with Crippen LogP contribution >= 0.6 is 0 Å². The summed E-state index contributed by atoms with van der Waals surface area (Å²) < 4.78 is 0. The van der Waals surface area contributed by atoms with Crippen molar-refractivity contribution in [1.29, 1.82) is 5.41 Å². The SMILES string of the molecule is CNC(=N)N1CCC2c3ccccc3CN21. The fraction of sp³-hybridized carbons (Fsp3) is 0.417. The predicted molar refractivity (Wildman–Crippen MR) is 62.8 cm³/mol. The highest BCUT2D eigenvalue weighted by Gasteiger charge is 2.39. The second-order valence-electron chi connectivity index (χ2n) is 4.32. The van der Waals surface area contributed by atoms with Gasteiger partial charge in [0.05, 0.1) is 6.04 Å². The number of hydrogen-bond acceptors (Lipinski definition) is 2. The predicted octanol–water partition coefficient (Wildman–Crippen LogP) is 1.32. The maximum atomic E-state index is 7.87. The van der Waals surface area contributed by atoms with Gasteiger partial charge in [0, 0.05) is 20.1 Å². The highest BCUT2D eigenvalue weighted by Crippen LogP contribution is 2.40. The molecule has 0 aromatic heterocycles. The fourth-order valence-corrected chi connectivity index (χ4v) is 2.75. The van der Waals surface area contributed by atoms with Crippen LogP contribution in [0, 0.1) is 5.41 Å². The van der Waals surface area contributed by atoms with Gasteiger partial charge >= 0.3 is 0 Å². The number of fused-ring (bicyclic) bond motifs is 3. The molecule has 3 rings (SSSR count). The van der Waals surface area contributed by atoms with Gasteiger partial charge in [-0.25, -0.2) is 5.01 Å². The third kappa shape index (κ3) is 1.23. The molecule has 1 saturated heterocycles. The first-order valence-corrected chi connectivity index (χ1v) is 5.69. The summed E-state index contributed by atoms with van der Waals surface area (Å²) in [6.07, 6.45) is 1.11. The smallest absolute Gasteiger partial charge is 0.205 e. The van der Waals surface area contributed by atoms with Crippen LogP contribution in [0.25, 0.3) is 0 Å². The van der Waals surface area contributed by atoms with Crippen molar-refractivity contribution in [2.75, 3.05) is 13.6 Å². The van der Waals surface area contributed by atoms with E-state index in [4.69, 9.17) is 5.41 Å². The van der Waals surface area contributed by atoms with Gasteiger partial charge in [-0.1, -0.05) is 24.3 Å². The molecule has 16 heavy (non-hydrogen) atoms. The van der Waals surface area contributed by atoms with E-state index < -0.39 is 0 Å². The van der Waals surface area contributed by atoms with Gasteiger partial charge in [0.1, 0.15) is 0 Å². The molecule has 1 atom stereocenters. The molecule has 4 nitrogen and oxygen atoms in total. The maximum absolute atomic E-state index is 7.87. The molecule has 1 aromatic rings. The normalized spacial score (nSPS) is 23.1.